The maximum absolute atomic E-state index is 2.46. The molecule has 1 aliphatic carbocycles. The van der Waals surface area contributed by atoms with Gasteiger partial charge in [-0.15, -0.1) is 0 Å². The fourth-order valence-electron chi connectivity index (χ4n) is 6.89. The molecule has 1 nitrogen and oxygen atoms in total. The molecule has 43 heavy (non-hydrogen) atoms. The summed E-state index contributed by atoms with van der Waals surface area (Å²) in [6, 6.07) is 49.1. The Kier molecular flexibility index (Phi) is 6.55. The van der Waals surface area contributed by atoms with Crippen molar-refractivity contribution in [3.63, 3.8) is 0 Å². The predicted octanol–water partition coefficient (Wildman–Crippen LogP) is 11.7. The summed E-state index contributed by atoms with van der Waals surface area (Å²) in [6.45, 7) is 11.3. The minimum atomic E-state index is -0.0653. The lowest BCUT2D eigenvalue weighted by atomic mass is 9.82. The third kappa shape index (κ3) is 4.66. The molecule has 0 fully saturated rings. The first-order valence-electron chi connectivity index (χ1n) is 15.2. The van der Waals surface area contributed by atoms with E-state index in [9.17, 15) is 0 Å². The number of anilines is 3. The minimum absolute atomic E-state index is 0.0653. The molecule has 0 bridgehead atoms. The van der Waals surface area contributed by atoms with Gasteiger partial charge in [-0.1, -0.05) is 116 Å². The van der Waals surface area contributed by atoms with Gasteiger partial charge < -0.3 is 4.90 Å². The van der Waals surface area contributed by atoms with E-state index in [0.29, 0.717) is 0 Å². The van der Waals surface area contributed by atoms with Crippen LogP contribution >= 0.6 is 0 Å². The quantitative estimate of drug-likeness (QED) is 0.204. The van der Waals surface area contributed by atoms with Crippen molar-refractivity contribution in [1.82, 2.24) is 0 Å². The maximum atomic E-state index is 2.46. The largest absolute Gasteiger partial charge is 0.310 e. The van der Waals surface area contributed by atoms with Crippen LogP contribution in [0.25, 0.3) is 33.4 Å². The van der Waals surface area contributed by atoms with Crippen LogP contribution in [0.4, 0.5) is 17.1 Å². The average Bonchev–Trinajstić information content (AvgIpc) is 3.26. The maximum Gasteiger partial charge on any atom is 0.0520 e. The summed E-state index contributed by atoms with van der Waals surface area (Å²) in [5, 5.41) is 0. The summed E-state index contributed by atoms with van der Waals surface area (Å²) < 4.78 is 0. The molecular weight excluding hydrogens is 518 g/mol. The first-order chi connectivity index (χ1) is 20.8. The van der Waals surface area contributed by atoms with Crippen molar-refractivity contribution in [1.29, 1.82) is 0 Å². The summed E-state index contributed by atoms with van der Waals surface area (Å²) >= 11 is 0. The molecule has 0 unspecified atom stereocenters. The third-order valence-corrected chi connectivity index (χ3v) is 9.16. The molecule has 0 amide bonds. The van der Waals surface area contributed by atoms with Crippen LogP contribution in [0.1, 0.15) is 41.7 Å². The summed E-state index contributed by atoms with van der Waals surface area (Å²) in [4.78, 5) is 2.46. The van der Waals surface area contributed by atoms with E-state index >= 15 is 0 Å². The minimum Gasteiger partial charge on any atom is -0.310 e. The highest BCUT2D eigenvalue weighted by Crippen LogP contribution is 2.51. The average molecular weight is 556 g/mol. The van der Waals surface area contributed by atoms with Gasteiger partial charge in [-0.25, -0.2) is 0 Å². The second-order valence-electron chi connectivity index (χ2n) is 12.5. The zero-order valence-electron chi connectivity index (χ0n) is 25.6. The summed E-state index contributed by atoms with van der Waals surface area (Å²) in [5.74, 6) is 0. The van der Waals surface area contributed by atoms with Crippen molar-refractivity contribution < 1.29 is 0 Å². The van der Waals surface area contributed by atoms with Gasteiger partial charge in [0.05, 0.1) is 5.69 Å². The Morgan fingerprint density at radius 2 is 0.977 bits per heavy atom. The van der Waals surface area contributed by atoms with Crippen molar-refractivity contribution >= 4 is 17.1 Å². The van der Waals surface area contributed by atoms with E-state index in [1.807, 2.05) is 0 Å². The fraction of sp³-hybridized carbons (Fsp3) is 0.143. The van der Waals surface area contributed by atoms with Gasteiger partial charge in [-0.3, -0.25) is 0 Å². The van der Waals surface area contributed by atoms with Crippen LogP contribution in [-0.4, -0.2) is 0 Å². The highest BCUT2D eigenvalue weighted by Gasteiger charge is 2.35. The molecule has 0 atom stereocenters. The van der Waals surface area contributed by atoms with E-state index in [4.69, 9.17) is 0 Å². The monoisotopic (exact) mass is 555 g/mol. The van der Waals surface area contributed by atoms with E-state index in [1.54, 1.807) is 0 Å². The Morgan fingerprint density at radius 1 is 0.442 bits per heavy atom. The van der Waals surface area contributed by atoms with Gasteiger partial charge in [0.15, 0.2) is 0 Å². The van der Waals surface area contributed by atoms with Gasteiger partial charge in [0.1, 0.15) is 0 Å². The molecule has 0 aliphatic heterocycles. The Hall–Kier alpha value is -4.88. The standard InChI is InChI=1S/C42H37N/c1-28-15-17-33(18-16-28)34-25-29(2)41(30(3)26-34)43(35-21-19-32(20-22-35)31-11-7-6-8-12-31)36-23-24-38-37-13-9-10-14-39(37)42(4,5)40(38)27-36/h6-27H,1-5H3. The van der Waals surface area contributed by atoms with E-state index in [2.05, 4.69) is 173 Å². The molecule has 0 saturated heterocycles. The molecule has 0 N–H and O–H groups in total. The van der Waals surface area contributed by atoms with Crippen LogP contribution in [0.15, 0.2) is 133 Å². The lowest BCUT2D eigenvalue weighted by Crippen LogP contribution is -2.17. The van der Waals surface area contributed by atoms with Crippen molar-refractivity contribution in [3.8, 4) is 33.4 Å². The number of aryl methyl sites for hydroxylation is 3. The van der Waals surface area contributed by atoms with Gasteiger partial charge in [-0.2, -0.15) is 0 Å². The summed E-state index contributed by atoms with van der Waals surface area (Å²) in [7, 11) is 0. The molecule has 0 aromatic heterocycles. The second-order valence-corrected chi connectivity index (χ2v) is 12.5. The highest BCUT2D eigenvalue weighted by molar-refractivity contribution is 5.88. The molecule has 1 aliphatic rings. The molecule has 1 heteroatoms. The van der Waals surface area contributed by atoms with Crippen LogP contribution in [0.2, 0.25) is 0 Å². The van der Waals surface area contributed by atoms with Crippen LogP contribution in [0.3, 0.4) is 0 Å². The number of benzene rings is 6. The van der Waals surface area contributed by atoms with E-state index in [1.165, 1.54) is 72.6 Å². The molecule has 6 aromatic rings. The number of hydrogen-bond donors (Lipinski definition) is 0. The number of nitrogens with zero attached hydrogens (tertiary/aromatic N) is 1. The Labute approximate surface area is 256 Å². The van der Waals surface area contributed by atoms with Gasteiger partial charge in [0, 0.05) is 16.8 Å². The van der Waals surface area contributed by atoms with Crippen molar-refractivity contribution in [2.75, 3.05) is 4.90 Å². The number of rotatable bonds is 5. The van der Waals surface area contributed by atoms with Crippen molar-refractivity contribution in [2.45, 2.75) is 40.0 Å². The van der Waals surface area contributed by atoms with Crippen LogP contribution in [0.5, 0.6) is 0 Å². The first kappa shape index (κ1) is 27.0. The lowest BCUT2D eigenvalue weighted by molar-refractivity contribution is 0.660. The molecule has 210 valence electrons. The predicted molar refractivity (Wildman–Crippen MR) is 184 cm³/mol. The summed E-state index contributed by atoms with van der Waals surface area (Å²) in [6.07, 6.45) is 0. The zero-order valence-corrected chi connectivity index (χ0v) is 25.6. The van der Waals surface area contributed by atoms with E-state index < -0.39 is 0 Å². The number of fused-ring (bicyclic) bond motifs is 3. The van der Waals surface area contributed by atoms with Crippen LogP contribution in [-0.2, 0) is 5.41 Å². The molecule has 6 aromatic carbocycles. The molecule has 0 spiro atoms. The van der Waals surface area contributed by atoms with E-state index in [-0.39, 0.29) is 5.41 Å². The lowest BCUT2D eigenvalue weighted by Gasteiger charge is -2.31. The van der Waals surface area contributed by atoms with Gasteiger partial charge in [0.2, 0.25) is 0 Å². The topological polar surface area (TPSA) is 3.24 Å². The molecular formula is C42H37N. The van der Waals surface area contributed by atoms with Crippen molar-refractivity contribution in [3.05, 3.63) is 161 Å². The Balaban J connectivity index is 1.39. The van der Waals surface area contributed by atoms with Gasteiger partial charge in [-0.05, 0) is 113 Å². The summed E-state index contributed by atoms with van der Waals surface area (Å²) in [5.41, 5.74) is 17.7. The van der Waals surface area contributed by atoms with Gasteiger partial charge in [0.25, 0.3) is 0 Å². The third-order valence-electron chi connectivity index (χ3n) is 9.16. The fourth-order valence-corrected chi connectivity index (χ4v) is 6.89. The first-order valence-corrected chi connectivity index (χ1v) is 15.2. The van der Waals surface area contributed by atoms with Crippen LogP contribution < -0.4 is 4.90 Å². The molecule has 7 rings (SSSR count). The Bertz CT molecular complexity index is 1920. The SMILES string of the molecule is Cc1ccc(-c2cc(C)c(N(c3ccc(-c4ccccc4)cc3)c3ccc4c(c3)C(C)(C)c3ccccc3-4)c(C)c2)cc1. The Morgan fingerprint density at radius 3 is 1.67 bits per heavy atom. The number of hydrogen-bond acceptors (Lipinski definition) is 1. The zero-order chi connectivity index (χ0) is 29.7. The smallest absolute Gasteiger partial charge is 0.0520 e. The molecule has 0 heterocycles. The highest BCUT2D eigenvalue weighted by atomic mass is 15.1. The van der Waals surface area contributed by atoms with Gasteiger partial charge >= 0.3 is 0 Å². The normalized spacial score (nSPS) is 13.0. The molecule has 0 saturated carbocycles. The second kappa shape index (κ2) is 10.4. The van der Waals surface area contributed by atoms with E-state index in [0.717, 1.165) is 5.69 Å². The van der Waals surface area contributed by atoms with Crippen LogP contribution in [0, 0.1) is 20.8 Å². The van der Waals surface area contributed by atoms with Crippen molar-refractivity contribution in [2.24, 2.45) is 0 Å². The molecule has 0 radical (unpaired) electrons.